The van der Waals surface area contributed by atoms with Crippen LogP contribution in [0.15, 0.2) is 60.4 Å². The number of esters is 1. The minimum Gasteiger partial charge on any atom is -0.507 e. The van der Waals surface area contributed by atoms with Gasteiger partial charge >= 0.3 is 12.6 Å². The van der Waals surface area contributed by atoms with Gasteiger partial charge in [0, 0.05) is 6.08 Å². The Morgan fingerprint density at radius 2 is 1.97 bits per heavy atom. The number of hydrogen-bond acceptors (Lipinski definition) is 6. The summed E-state index contributed by atoms with van der Waals surface area (Å²) in [5, 5.41) is 19.5. The third-order valence-electron chi connectivity index (χ3n) is 3.89. The first kappa shape index (κ1) is 20.5. The third-order valence-corrected chi connectivity index (χ3v) is 3.89. The van der Waals surface area contributed by atoms with Crippen LogP contribution in [0.25, 0.3) is 22.7 Å². The number of hydrogen-bond donors (Lipinski definition) is 2. The Bertz CT molecular complexity index is 1110. The molecule has 0 amide bonds. The highest BCUT2D eigenvalue weighted by Gasteiger charge is 2.14. The molecule has 0 bridgehead atoms. The van der Waals surface area contributed by atoms with Gasteiger partial charge in [-0.15, -0.1) is 0 Å². The van der Waals surface area contributed by atoms with Crippen LogP contribution >= 0.6 is 0 Å². The SMILES string of the molecule is N#C/C(=C(/O)COC(=O)C=Cc1ccc(OC(F)F)cc1)c1nc2ccccc2[nH]1. The van der Waals surface area contributed by atoms with E-state index in [0.717, 1.165) is 6.08 Å². The van der Waals surface area contributed by atoms with Gasteiger partial charge in [-0.2, -0.15) is 14.0 Å². The molecule has 0 saturated carbocycles. The summed E-state index contributed by atoms with van der Waals surface area (Å²) in [5.74, 6) is -1.06. The van der Waals surface area contributed by atoms with Crippen molar-refractivity contribution in [2.75, 3.05) is 6.61 Å². The number of carbonyl (C=O) groups excluding carboxylic acids is 1. The van der Waals surface area contributed by atoms with Crippen molar-refractivity contribution >= 4 is 28.7 Å². The van der Waals surface area contributed by atoms with Gasteiger partial charge < -0.3 is 19.6 Å². The fourth-order valence-corrected chi connectivity index (χ4v) is 2.51. The predicted octanol–water partition coefficient (Wildman–Crippen LogP) is 4.21. The summed E-state index contributed by atoms with van der Waals surface area (Å²) in [5.41, 5.74) is 1.72. The third kappa shape index (κ3) is 5.20. The summed E-state index contributed by atoms with van der Waals surface area (Å²) in [6, 6.07) is 14.6. The molecular formula is C21H15F2N3O4. The van der Waals surface area contributed by atoms with Crippen LogP contribution in [0.2, 0.25) is 0 Å². The zero-order chi connectivity index (χ0) is 21.5. The second-order valence-corrected chi connectivity index (χ2v) is 5.92. The zero-order valence-corrected chi connectivity index (χ0v) is 15.4. The summed E-state index contributed by atoms with van der Waals surface area (Å²) >= 11 is 0. The van der Waals surface area contributed by atoms with Crippen molar-refractivity contribution in [2.45, 2.75) is 6.61 Å². The topological polar surface area (TPSA) is 108 Å². The van der Waals surface area contributed by atoms with E-state index in [0.29, 0.717) is 16.6 Å². The van der Waals surface area contributed by atoms with E-state index in [1.54, 1.807) is 24.3 Å². The van der Waals surface area contributed by atoms with Crippen molar-refractivity contribution in [3.63, 3.8) is 0 Å². The molecule has 2 aromatic carbocycles. The number of benzene rings is 2. The number of nitriles is 1. The number of nitrogens with one attached hydrogen (secondary N) is 1. The van der Waals surface area contributed by atoms with Gasteiger partial charge in [-0.1, -0.05) is 24.3 Å². The van der Waals surface area contributed by atoms with Crippen LogP contribution in [-0.2, 0) is 9.53 Å². The number of rotatable bonds is 7. The number of aliphatic hydroxyl groups excluding tert-OH is 1. The van der Waals surface area contributed by atoms with Crippen LogP contribution in [0.5, 0.6) is 5.75 Å². The highest BCUT2D eigenvalue weighted by Crippen LogP contribution is 2.19. The van der Waals surface area contributed by atoms with Crippen molar-refractivity contribution in [2.24, 2.45) is 0 Å². The number of fused-ring (bicyclic) bond motifs is 1. The molecule has 0 atom stereocenters. The Hall–Kier alpha value is -4.19. The molecule has 1 heterocycles. The lowest BCUT2D eigenvalue weighted by atomic mass is 10.2. The summed E-state index contributed by atoms with van der Waals surface area (Å²) in [6.45, 7) is -3.44. The first-order chi connectivity index (χ1) is 14.5. The van der Waals surface area contributed by atoms with Gasteiger partial charge in [0.25, 0.3) is 0 Å². The molecule has 0 fully saturated rings. The quantitative estimate of drug-likeness (QED) is 0.261. The summed E-state index contributed by atoms with van der Waals surface area (Å²) in [4.78, 5) is 19.0. The van der Waals surface area contributed by atoms with Crippen LogP contribution in [0.4, 0.5) is 8.78 Å². The van der Waals surface area contributed by atoms with Gasteiger partial charge in [0.05, 0.1) is 11.0 Å². The lowest BCUT2D eigenvalue weighted by Crippen LogP contribution is -2.06. The number of nitrogens with zero attached hydrogens (tertiary/aromatic N) is 2. The normalized spacial score (nSPS) is 12.1. The number of carbonyl (C=O) groups is 1. The second kappa shape index (κ2) is 9.34. The van der Waals surface area contributed by atoms with Crippen molar-refractivity contribution in [1.82, 2.24) is 9.97 Å². The summed E-state index contributed by atoms with van der Waals surface area (Å²) in [7, 11) is 0. The number of imidazole rings is 1. The van der Waals surface area contributed by atoms with E-state index in [9.17, 15) is 23.9 Å². The van der Waals surface area contributed by atoms with E-state index in [1.165, 1.54) is 30.3 Å². The van der Waals surface area contributed by atoms with Gasteiger partial charge in [0.15, 0.2) is 11.6 Å². The molecule has 7 nitrogen and oxygen atoms in total. The molecule has 0 aliphatic carbocycles. The monoisotopic (exact) mass is 411 g/mol. The molecule has 0 aliphatic rings. The molecule has 0 spiro atoms. The molecule has 9 heteroatoms. The first-order valence-electron chi connectivity index (χ1n) is 8.63. The van der Waals surface area contributed by atoms with E-state index in [-0.39, 0.29) is 17.1 Å². The number of halogens is 2. The molecule has 0 saturated heterocycles. The van der Waals surface area contributed by atoms with Gasteiger partial charge in [-0.25, -0.2) is 9.78 Å². The highest BCUT2D eigenvalue weighted by atomic mass is 19.3. The number of aliphatic hydroxyl groups is 1. The van der Waals surface area contributed by atoms with Crippen LogP contribution in [0, 0.1) is 11.3 Å². The molecule has 3 rings (SSSR count). The van der Waals surface area contributed by atoms with Gasteiger partial charge in [0.2, 0.25) is 0 Å². The maximum Gasteiger partial charge on any atom is 0.387 e. The lowest BCUT2D eigenvalue weighted by molar-refractivity contribution is -0.137. The zero-order valence-electron chi connectivity index (χ0n) is 15.4. The van der Waals surface area contributed by atoms with Crippen molar-refractivity contribution in [3.8, 4) is 11.8 Å². The first-order valence-corrected chi connectivity index (χ1v) is 8.63. The molecule has 1 aromatic heterocycles. The molecule has 30 heavy (non-hydrogen) atoms. The van der Waals surface area contributed by atoms with E-state index in [4.69, 9.17) is 4.74 Å². The molecule has 152 valence electrons. The van der Waals surface area contributed by atoms with E-state index >= 15 is 0 Å². The molecular weight excluding hydrogens is 396 g/mol. The largest absolute Gasteiger partial charge is 0.507 e. The Morgan fingerprint density at radius 3 is 2.63 bits per heavy atom. The number of allylic oxidation sites excluding steroid dienone is 1. The Balaban J connectivity index is 1.62. The van der Waals surface area contributed by atoms with Gasteiger partial charge in [0.1, 0.15) is 24.0 Å². The van der Waals surface area contributed by atoms with Crippen LogP contribution in [-0.4, -0.2) is 34.3 Å². The predicted molar refractivity (Wildman–Crippen MR) is 104 cm³/mol. The summed E-state index contributed by atoms with van der Waals surface area (Å²) < 4.78 is 33.4. The number of H-pyrrole nitrogens is 1. The average molecular weight is 411 g/mol. The molecule has 0 unspecified atom stereocenters. The maximum atomic E-state index is 12.1. The average Bonchev–Trinajstić information content (AvgIpc) is 3.15. The summed E-state index contributed by atoms with van der Waals surface area (Å²) in [6.07, 6.45) is 2.50. The minimum absolute atomic E-state index is 0.00518. The Morgan fingerprint density at radius 1 is 1.23 bits per heavy atom. The van der Waals surface area contributed by atoms with E-state index in [2.05, 4.69) is 14.7 Å². The number of aromatic amines is 1. The number of alkyl halides is 2. The van der Waals surface area contributed by atoms with Crippen LogP contribution in [0.3, 0.4) is 0 Å². The van der Waals surface area contributed by atoms with Crippen molar-refractivity contribution in [1.29, 1.82) is 5.26 Å². The highest BCUT2D eigenvalue weighted by molar-refractivity contribution is 5.87. The minimum atomic E-state index is -2.92. The van der Waals surface area contributed by atoms with Crippen LogP contribution < -0.4 is 4.74 Å². The van der Waals surface area contributed by atoms with Crippen molar-refractivity contribution < 1.29 is 28.2 Å². The van der Waals surface area contributed by atoms with E-state index < -0.39 is 24.9 Å². The fourth-order valence-electron chi connectivity index (χ4n) is 2.51. The molecule has 0 radical (unpaired) electrons. The van der Waals surface area contributed by atoms with Crippen molar-refractivity contribution in [3.05, 3.63) is 71.8 Å². The van der Waals surface area contributed by atoms with Crippen LogP contribution in [0.1, 0.15) is 11.4 Å². The van der Waals surface area contributed by atoms with E-state index in [1.807, 2.05) is 6.07 Å². The lowest BCUT2D eigenvalue weighted by Gasteiger charge is -2.04. The maximum absolute atomic E-state index is 12.1. The Kier molecular flexibility index (Phi) is 6.39. The van der Waals surface area contributed by atoms with Gasteiger partial charge in [-0.05, 0) is 35.9 Å². The second-order valence-electron chi connectivity index (χ2n) is 5.92. The smallest absolute Gasteiger partial charge is 0.387 e. The van der Waals surface area contributed by atoms with Gasteiger partial charge in [-0.3, -0.25) is 0 Å². The Labute approximate surface area is 169 Å². The molecule has 0 aliphatic heterocycles. The number of aromatic nitrogens is 2. The standard InChI is InChI=1S/C21H15F2N3O4/c22-21(23)30-14-8-5-13(6-9-14)7-10-19(28)29-12-18(27)15(11-24)20-25-16-3-1-2-4-17(16)26-20/h1-10,21,27H,12H2,(H,25,26)/b10-7?,18-15-. The molecule has 2 N–H and O–H groups in total. The fraction of sp³-hybridized carbons (Fsp3) is 0.0952. The number of para-hydroxylation sites is 2. The molecule has 3 aromatic rings. The number of ether oxygens (including phenoxy) is 2.